The summed E-state index contributed by atoms with van der Waals surface area (Å²) in [7, 11) is 0. The molecule has 0 spiro atoms. The van der Waals surface area contributed by atoms with Crippen LogP contribution in [0.15, 0.2) is 12.1 Å². The fourth-order valence-electron chi connectivity index (χ4n) is 1.71. The molecule has 0 heterocycles. The number of nitrogen functional groups attached to an aromatic ring is 1. The van der Waals surface area contributed by atoms with E-state index in [2.05, 4.69) is 5.32 Å². The summed E-state index contributed by atoms with van der Waals surface area (Å²) in [5.41, 5.74) is 4.26. The van der Waals surface area contributed by atoms with Crippen molar-refractivity contribution in [3.63, 3.8) is 0 Å². The molecule has 0 fully saturated rings. The Labute approximate surface area is 115 Å². The van der Waals surface area contributed by atoms with Gasteiger partial charge in [0, 0.05) is 13.1 Å². The molecule has 0 saturated heterocycles. The molecule has 110 valence electrons. The van der Waals surface area contributed by atoms with Crippen LogP contribution in [0.25, 0.3) is 0 Å². The van der Waals surface area contributed by atoms with Crippen molar-refractivity contribution in [3.8, 4) is 0 Å². The van der Waals surface area contributed by atoms with Crippen LogP contribution in [-0.4, -0.2) is 36.3 Å². The minimum Gasteiger partial charge on any atom is -0.396 e. The molecule has 0 atom stereocenters. The van der Waals surface area contributed by atoms with Gasteiger partial charge in [-0.05, 0) is 26.0 Å². The van der Waals surface area contributed by atoms with Crippen molar-refractivity contribution in [2.45, 2.75) is 13.8 Å². The molecule has 0 unspecified atom stereocenters. The zero-order chi connectivity index (χ0) is 15.3. The van der Waals surface area contributed by atoms with Gasteiger partial charge in [-0.1, -0.05) is 0 Å². The molecular weight excluding hydrogens is 268 g/mol. The first kappa shape index (κ1) is 15.9. The summed E-state index contributed by atoms with van der Waals surface area (Å²) in [6, 6.07) is 1.52. The highest BCUT2D eigenvalue weighted by Gasteiger charge is 2.17. The topological polar surface area (TPSA) is 75.4 Å². The Hall–Kier alpha value is -2.18. The molecule has 2 amide bonds. The average Bonchev–Trinajstić information content (AvgIpc) is 2.41. The first-order valence-electron chi connectivity index (χ1n) is 6.21. The van der Waals surface area contributed by atoms with Crippen LogP contribution in [0.5, 0.6) is 0 Å². The number of rotatable bonds is 5. The van der Waals surface area contributed by atoms with Crippen LogP contribution in [0.2, 0.25) is 0 Å². The molecule has 0 aliphatic carbocycles. The van der Waals surface area contributed by atoms with E-state index in [0.29, 0.717) is 13.1 Å². The van der Waals surface area contributed by atoms with Crippen molar-refractivity contribution in [1.29, 1.82) is 0 Å². The van der Waals surface area contributed by atoms with Crippen molar-refractivity contribution < 1.29 is 18.4 Å². The maximum atomic E-state index is 13.6. The molecule has 5 nitrogen and oxygen atoms in total. The second-order valence-corrected chi connectivity index (χ2v) is 4.11. The van der Waals surface area contributed by atoms with Gasteiger partial charge in [0.2, 0.25) is 5.91 Å². The van der Waals surface area contributed by atoms with Crippen LogP contribution >= 0.6 is 0 Å². The number of halogens is 2. The molecule has 3 N–H and O–H groups in total. The lowest BCUT2D eigenvalue weighted by Gasteiger charge is -2.18. The number of amides is 2. The highest BCUT2D eigenvalue weighted by atomic mass is 19.1. The van der Waals surface area contributed by atoms with E-state index in [0.717, 1.165) is 12.1 Å². The van der Waals surface area contributed by atoms with Crippen LogP contribution in [0.4, 0.5) is 14.5 Å². The highest BCUT2D eigenvalue weighted by molar-refractivity contribution is 5.97. The Balaban J connectivity index is 2.75. The lowest BCUT2D eigenvalue weighted by Crippen LogP contribution is -2.40. The van der Waals surface area contributed by atoms with Crippen molar-refractivity contribution >= 4 is 17.5 Å². The zero-order valence-corrected chi connectivity index (χ0v) is 11.4. The second-order valence-electron chi connectivity index (χ2n) is 4.11. The van der Waals surface area contributed by atoms with E-state index in [1.807, 2.05) is 0 Å². The Morgan fingerprint density at radius 1 is 1.25 bits per heavy atom. The standard InChI is InChI=1S/C13H17F2N3O2/c1-3-18(4-2)11(19)7-17-13(20)9-5-8(14)6-10(16)12(9)15/h5-6H,3-4,7,16H2,1-2H3,(H,17,20). The first-order valence-corrected chi connectivity index (χ1v) is 6.21. The number of nitrogens with two attached hydrogens (primary N) is 1. The summed E-state index contributed by atoms with van der Waals surface area (Å²) in [5, 5.41) is 2.25. The minimum absolute atomic E-state index is 0.281. The van der Waals surface area contributed by atoms with Gasteiger partial charge >= 0.3 is 0 Å². The summed E-state index contributed by atoms with van der Waals surface area (Å²) in [5.74, 6) is -2.99. The quantitative estimate of drug-likeness (QED) is 0.797. The molecule has 0 saturated carbocycles. The van der Waals surface area contributed by atoms with Crippen LogP contribution in [0.1, 0.15) is 24.2 Å². The number of hydrogen-bond donors (Lipinski definition) is 2. The van der Waals surface area contributed by atoms with Gasteiger partial charge in [0.25, 0.3) is 5.91 Å². The number of nitrogens with zero attached hydrogens (tertiary/aromatic N) is 1. The van der Waals surface area contributed by atoms with E-state index in [-0.39, 0.29) is 12.5 Å². The van der Waals surface area contributed by atoms with Crippen molar-refractivity contribution in [1.82, 2.24) is 10.2 Å². The predicted octanol–water partition coefficient (Wildman–Crippen LogP) is 1.15. The molecule has 1 aromatic carbocycles. The maximum absolute atomic E-state index is 13.6. The first-order chi connectivity index (χ1) is 9.40. The van der Waals surface area contributed by atoms with Gasteiger partial charge in [0.15, 0.2) is 5.82 Å². The van der Waals surface area contributed by atoms with Gasteiger partial charge < -0.3 is 16.0 Å². The lowest BCUT2D eigenvalue weighted by molar-refractivity contribution is -0.129. The largest absolute Gasteiger partial charge is 0.396 e. The third-order valence-corrected chi connectivity index (χ3v) is 2.83. The van der Waals surface area contributed by atoms with Crippen molar-refractivity contribution in [2.75, 3.05) is 25.4 Å². The van der Waals surface area contributed by atoms with E-state index >= 15 is 0 Å². The number of anilines is 1. The second kappa shape index (κ2) is 6.83. The molecule has 0 aliphatic heterocycles. The van der Waals surface area contributed by atoms with Crippen LogP contribution in [0.3, 0.4) is 0 Å². The van der Waals surface area contributed by atoms with Gasteiger partial charge in [-0.3, -0.25) is 9.59 Å². The number of likely N-dealkylation sites (N-methyl/N-ethyl adjacent to an activating group) is 1. The van der Waals surface area contributed by atoms with E-state index in [1.165, 1.54) is 4.90 Å². The maximum Gasteiger partial charge on any atom is 0.254 e. The zero-order valence-electron chi connectivity index (χ0n) is 11.4. The molecule has 1 rings (SSSR count). The molecule has 0 radical (unpaired) electrons. The molecular formula is C13H17F2N3O2. The SMILES string of the molecule is CCN(CC)C(=O)CNC(=O)c1cc(F)cc(N)c1F. The fraction of sp³-hybridized carbons (Fsp3) is 0.385. The number of benzene rings is 1. The molecule has 0 aromatic heterocycles. The van der Waals surface area contributed by atoms with Crippen molar-refractivity contribution in [3.05, 3.63) is 29.3 Å². The lowest BCUT2D eigenvalue weighted by atomic mass is 10.1. The van der Waals surface area contributed by atoms with Gasteiger partial charge in [-0.25, -0.2) is 8.78 Å². The van der Waals surface area contributed by atoms with Crippen LogP contribution in [0, 0.1) is 11.6 Å². The summed E-state index contributed by atoms with van der Waals surface area (Å²) in [6.07, 6.45) is 0. The van der Waals surface area contributed by atoms with E-state index in [9.17, 15) is 18.4 Å². The van der Waals surface area contributed by atoms with Gasteiger partial charge in [-0.2, -0.15) is 0 Å². The van der Waals surface area contributed by atoms with Gasteiger partial charge in [-0.15, -0.1) is 0 Å². The van der Waals surface area contributed by atoms with Crippen LogP contribution in [-0.2, 0) is 4.79 Å². The third-order valence-electron chi connectivity index (χ3n) is 2.83. The molecule has 1 aromatic rings. The third kappa shape index (κ3) is 3.66. The van der Waals surface area contributed by atoms with Gasteiger partial charge in [0.1, 0.15) is 5.82 Å². The van der Waals surface area contributed by atoms with Crippen LogP contribution < -0.4 is 11.1 Å². The highest BCUT2D eigenvalue weighted by Crippen LogP contribution is 2.17. The van der Waals surface area contributed by atoms with E-state index < -0.39 is 28.8 Å². The summed E-state index contributed by atoms with van der Waals surface area (Å²) in [4.78, 5) is 24.9. The molecule has 20 heavy (non-hydrogen) atoms. The summed E-state index contributed by atoms with van der Waals surface area (Å²) >= 11 is 0. The molecule has 0 aliphatic rings. The number of nitrogens with one attached hydrogen (secondary N) is 1. The summed E-state index contributed by atoms with van der Waals surface area (Å²) in [6.45, 7) is 4.33. The number of carbonyl (C=O) groups is 2. The van der Waals surface area contributed by atoms with E-state index in [1.54, 1.807) is 13.8 Å². The fourth-order valence-corrected chi connectivity index (χ4v) is 1.71. The van der Waals surface area contributed by atoms with E-state index in [4.69, 9.17) is 5.73 Å². The Kier molecular flexibility index (Phi) is 5.42. The Morgan fingerprint density at radius 2 is 1.85 bits per heavy atom. The predicted molar refractivity (Wildman–Crippen MR) is 71.0 cm³/mol. The van der Waals surface area contributed by atoms with Gasteiger partial charge in [0.05, 0.1) is 17.8 Å². The number of hydrogen-bond acceptors (Lipinski definition) is 3. The average molecular weight is 285 g/mol. The summed E-state index contributed by atoms with van der Waals surface area (Å²) < 4.78 is 26.7. The van der Waals surface area contributed by atoms with Crippen molar-refractivity contribution in [2.24, 2.45) is 0 Å². The molecule has 0 bridgehead atoms. The smallest absolute Gasteiger partial charge is 0.254 e. The monoisotopic (exact) mass is 285 g/mol. The Morgan fingerprint density at radius 3 is 2.40 bits per heavy atom. The Bertz CT molecular complexity index is 517. The number of carbonyl (C=O) groups excluding carboxylic acids is 2. The minimum atomic E-state index is -1.00. The normalized spacial score (nSPS) is 10.2. The molecule has 7 heteroatoms.